The smallest absolute Gasteiger partial charge is 0.240 e. The van der Waals surface area contributed by atoms with E-state index in [1.165, 1.54) is 0 Å². The minimum Gasteiger partial charge on any atom is -0.318 e. The largest absolute Gasteiger partial charge is 0.318 e. The van der Waals surface area contributed by atoms with Crippen LogP contribution in [0.1, 0.15) is 0 Å². The summed E-state index contributed by atoms with van der Waals surface area (Å²) in [5.74, 6) is 0. The van der Waals surface area contributed by atoms with Crippen LogP contribution < -0.4 is 0 Å². The summed E-state index contributed by atoms with van der Waals surface area (Å²) in [5.41, 5.74) is 1.48. The van der Waals surface area contributed by atoms with Gasteiger partial charge in [0.05, 0.1) is 15.9 Å². The van der Waals surface area contributed by atoms with Gasteiger partial charge in [0.15, 0.2) is 0 Å². The Morgan fingerprint density at radius 3 is 2.26 bits per heavy atom. The van der Waals surface area contributed by atoms with Crippen molar-refractivity contribution in [1.82, 2.24) is 9.55 Å². The molecule has 5 heteroatoms. The third kappa shape index (κ3) is 1.82. The Hall–Kier alpha value is -2.14. The van der Waals surface area contributed by atoms with Crippen LogP contribution in [0, 0.1) is 0 Å². The molecule has 0 saturated heterocycles. The van der Waals surface area contributed by atoms with Crippen LogP contribution in [0.5, 0.6) is 0 Å². The van der Waals surface area contributed by atoms with E-state index < -0.39 is 9.84 Å². The number of para-hydroxylation sites is 2. The Bertz CT molecular complexity index is 836. The maximum Gasteiger partial charge on any atom is 0.240 e. The lowest BCUT2D eigenvalue weighted by Crippen LogP contribution is -2.08. The Balaban J connectivity index is 2.28. The van der Waals surface area contributed by atoms with E-state index in [1.54, 1.807) is 48.0 Å². The SMILES string of the molecule is Cn1c(S(=O)(=O)c2ccccc2)nc2ccccc21. The molecular weight excluding hydrogens is 260 g/mol. The number of benzene rings is 2. The number of rotatable bonds is 2. The molecule has 0 aliphatic carbocycles. The van der Waals surface area contributed by atoms with Crippen LogP contribution in [0.25, 0.3) is 11.0 Å². The second-order valence-electron chi connectivity index (χ2n) is 4.26. The van der Waals surface area contributed by atoms with E-state index in [4.69, 9.17) is 0 Å². The molecule has 1 aromatic heterocycles. The Kier molecular flexibility index (Phi) is 2.64. The summed E-state index contributed by atoms with van der Waals surface area (Å²) in [6, 6.07) is 15.7. The summed E-state index contributed by atoms with van der Waals surface area (Å²) >= 11 is 0. The standard InChI is InChI=1S/C14H12N2O2S/c1-16-13-10-6-5-9-12(13)15-14(16)19(17,18)11-7-3-2-4-8-11/h2-10H,1H3. The van der Waals surface area contributed by atoms with Gasteiger partial charge in [0.1, 0.15) is 0 Å². The van der Waals surface area contributed by atoms with E-state index in [1.807, 2.05) is 18.2 Å². The molecule has 3 rings (SSSR count). The van der Waals surface area contributed by atoms with Crippen LogP contribution in [0.3, 0.4) is 0 Å². The molecule has 0 aliphatic heterocycles. The van der Waals surface area contributed by atoms with E-state index in [0.29, 0.717) is 5.52 Å². The van der Waals surface area contributed by atoms with Gasteiger partial charge in [-0.3, -0.25) is 0 Å². The second-order valence-corrected chi connectivity index (χ2v) is 6.10. The summed E-state index contributed by atoms with van der Waals surface area (Å²) in [6.45, 7) is 0. The average molecular weight is 272 g/mol. The van der Waals surface area contributed by atoms with Crippen LogP contribution in [0.4, 0.5) is 0 Å². The van der Waals surface area contributed by atoms with Crippen molar-refractivity contribution in [3.05, 3.63) is 54.6 Å². The monoisotopic (exact) mass is 272 g/mol. The first kappa shape index (κ1) is 11.9. The number of hydrogen-bond acceptors (Lipinski definition) is 3. The summed E-state index contributed by atoms with van der Waals surface area (Å²) in [6.07, 6.45) is 0. The molecule has 0 amide bonds. The van der Waals surface area contributed by atoms with Gasteiger partial charge in [-0.1, -0.05) is 30.3 Å². The molecule has 0 spiro atoms. The lowest BCUT2D eigenvalue weighted by atomic mass is 10.3. The van der Waals surface area contributed by atoms with Crippen molar-refractivity contribution < 1.29 is 8.42 Å². The Labute approximate surface area is 111 Å². The summed E-state index contributed by atoms with van der Waals surface area (Å²) in [4.78, 5) is 4.49. The highest BCUT2D eigenvalue weighted by Gasteiger charge is 2.23. The topological polar surface area (TPSA) is 52.0 Å². The van der Waals surface area contributed by atoms with Crippen LogP contribution in [0.2, 0.25) is 0 Å². The fraction of sp³-hybridized carbons (Fsp3) is 0.0714. The van der Waals surface area contributed by atoms with E-state index in [-0.39, 0.29) is 10.1 Å². The molecule has 0 fully saturated rings. The molecule has 19 heavy (non-hydrogen) atoms. The number of hydrogen-bond donors (Lipinski definition) is 0. The van der Waals surface area contributed by atoms with Gasteiger partial charge < -0.3 is 4.57 Å². The Morgan fingerprint density at radius 2 is 1.58 bits per heavy atom. The molecular formula is C14H12N2O2S. The van der Waals surface area contributed by atoms with Gasteiger partial charge in [0.25, 0.3) is 0 Å². The van der Waals surface area contributed by atoms with Gasteiger partial charge in [-0.2, -0.15) is 0 Å². The third-order valence-electron chi connectivity index (χ3n) is 3.04. The maximum absolute atomic E-state index is 12.5. The van der Waals surface area contributed by atoms with Gasteiger partial charge in [0, 0.05) is 7.05 Å². The molecule has 0 N–H and O–H groups in total. The van der Waals surface area contributed by atoms with Gasteiger partial charge in [-0.05, 0) is 24.3 Å². The highest BCUT2D eigenvalue weighted by molar-refractivity contribution is 7.91. The van der Waals surface area contributed by atoms with E-state index >= 15 is 0 Å². The highest BCUT2D eigenvalue weighted by Crippen LogP contribution is 2.23. The number of aromatic nitrogens is 2. The molecule has 0 unspecified atom stereocenters. The first-order valence-corrected chi connectivity index (χ1v) is 7.30. The molecule has 2 aromatic carbocycles. The van der Waals surface area contributed by atoms with Crippen molar-refractivity contribution in [3.8, 4) is 0 Å². The molecule has 4 nitrogen and oxygen atoms in total. The van der Waals surface area contributed by atoms with Crippen LogP contribution in [-0.4, -0.2) is 18.0 Å². The van der Waals surface area contributed by atoms with E-state index in [9.17, 15) is 8.42 Å². The number of imidazole rings is 1. The number of aryl methyl sites for hydroxylation is 1. The zero-order valence-corrected chi connectivity index (χ0v) is 11.1. The van der Waals surface area contributed by atoms with E-state index in [2.05, 4.69) is 4.98 Å². The fourth-order valence-corrected chi connectivity index (χ4v) is 3.47. The van der Waals surface area contributed by atoms with Crippen molar-refractivity contribution in [3.63, 3.8) is 0 Å². The molecule has 0 aliphatic rings. The maximum atomic E-state index is 12.5. The van der Waals surface area contributed by atoms with Crippen molar-refractivity contribution in [1.29, 1.82) is 0 Å². The molecule has 96 valence electrons. The van der Waals surface area contributed by atoms with E-state index in [0.717, 1.165) is 5.52 Å². The number of fused-ring (bicyclic) bond motifs is 1. The van der Waals surface area contributed by atoms with Gasteiger partial charge in [0.2, 0.25) is 15.0 Å². The number of sulfone groups is 1. The highest BCUT2D eigenvalue weighted by atomic mass is 32.2. The minimum absolute atomic E-state index is 0.0694. The quantitative estimate of drug-likeness (QED) is 0.720. The lowest BCUT2D eigenvalue weighted by molar-refractivity contribution is 0.581. The first-order chi connectivity index (χ1) is 9.10. The predicted molar refractivity (Wildman–Crippen MR) is 72.6 cm³/mol. The van der Waals surface area contributed by atoms with Gasteiger partial charge in [-0.25, -0.2) is 13.4 Å². The van der Waals surface area contributed by atoms with Crippen molar-refractivity contribution >= 4 is 20.9 Å². The minimum atomic E-state index is -3.58. The molecule has 1 heterocycles. The molecule has 3 aromatic rings. The van der Waals surface area contributed by atoms with Crippen LogP contribution >= 0.6 is 0 Å². The molecule has 0 bridgehead atoms. The molecule has 0 radical (unpaired) electrons. The van der Waals surface area contributed by atoms with Crippen molar-refractivity contribution in [2.24, 2.45) is 7.05 Å². The van der Waals surface area contributed by atoms with Crippen LogP contribution in [0.15, 0.2) is 64.6 Å². The van der Waals surface area contributed by atoms with Crippen molar-refractivity contribution in [2.45, 2.75) is 10.1 Å². The molecule has 0 atom stereocenters. The Morgan fingerprint density at radius 1 is 0.947 bits per heavy atom. The zero-order chi connectivity index (χ0) is 13.5. The average Bonchev–Trinajstić information content (AvgIpc) is 2.78. The number of nitrogens with zero attached hydrogens (tertiary/aromatic N) is 2. The summed E-state index contributed by atoms with van der Waals surface area (Å²) in [7, 11) is -1.87. The van der Waals surface area contributed by atoms with Gasteiger partial charge in [-0.15, -0.1) is 0 Å². The second kappa shape index (κ2) is 4.20. The normalized spacial score (nSPS) is 11.8. The fourth-order valence-electron chi connectivity index (χ4n) is 2.07. The summed E-state index contributed by atoms with van der Waals surface area (Å²) < 4.78 is 26.7. The van der Waals surface area contributed by atoms with Gasteiger partial charge >= 0.3 is 0 Å². The zero-order valence-electron chi connectivity index (χ0n) is 10.3. The lowest BCUT2D eigenvalue weighted by Gasteiger charge is -2.04. The first-order valence-electron chi connectivity index (χ1n) is 5.82. The van der Waals surface area contributed by atoms with Crippen molar-refractivity contribution in [2.75, 3.05) is 0 Å². The van der Waals surface area contributed by atoms with Crippen LogP contribution in [-0.2, 0) is 16.9 Å². The summed E-state index contributed by atoms with van der Waals surface area (Å²) in [5, 5.41) is 0.0694. The third-order valence-corrected chi connectivity index (χ3v) is 4.78. The predicted octanol–water partition coefficient (Wildman–Crippen LogP) is 2.41. The molecule has 0 saturated carbocycles.